The van der Waals surface area contributed by atoms with E-state index in [0.717, 1.165) is 17.1 Å². The zero-order valence-corrected chi connectivity index (χ0v) is 8.86. The molecule has 0 heterocycles. The molecule has 0 unspecified atom stereocenters. The van der Waals surface area contributed by atoms with Gasteiger partial charge in [0.05, 0.1) is 20.8 Å². The molecular formula is C10H15N3O2. The first-order chi connectivity index (χ1) is 7.15. The van der Waals surface area contributed by atoms with Gasteiger partial charge in [0, 0.05) is 6.07 Å². The monoisotopic (exact) mass is 209 g/mol. The molecule has 0 bridgehead atoms. The quantitative estimate of drug-likeness (QED) is 0.558. The van der Waals surface area contributed by atoms with Gasteiger partial charge in [-0.3, -0.25) is 0 Å². The molecule has 1 aromatic rings. The molecule has 4 N–H and O–H groups in total. The second-order valence-corrected chi connectivity index (χ2v) is 2.96. The summed E-state index contributed by atoms with van der Waals surface area (Å²) in [6.07, 6.45) is 0. The highest BCUT2D eigenvalue weighted by Crippen LogP contribution is 2.22. The molecule has 1 rings (SSSR count). The highest BCUT2D eigenvalue weighted by atomic mass is 16.5. The molecule has 0 spiro atoms. The molecule has 0 fully saturated rings. The Kier molecular flexibility index (Phi) is 3.79. The molecule has 0 saturated heterocycles. The maximum atomic E-state index is 5.25. The molecule has 0 aliphatic carbocycles. The third-order valence-electron chi connectivity index (χ3n) is 1.86. The van der Waals surface area contributed by atoms with Gasteiger partial charge in [0.1, 0.15) is 11.5 Å². The van der Waals surface area contributed by atoms with E-state index in [9.17, 15) is 0 Å². The number of guanidine groups is 1. The number of hydrogen-bond donors (Lipinski definition) is 2. The first-order valence-electron chi connectivity index (χ1n) is 4.43. The summed E-state index contributed by atoms with van der Waals surface area (Å²) < 4.78 is 10.2. The lowest BCUT2D eigenvalue weighted by atomic mass is 10.2. The minimum atomic E-state index is 0.0665. The zero-order valence-electron chi connectivity index (χ0n) is 8.86. The van der Waals surface area contributed by atoms with E-state index in [-0.39, 0.29) is 5.96 Å². The van der Waals surface area contributed by atoms with Crippen LogP contribution in [0.2, 0.25) is 0 Å². The Morgan fingerprint density at radius 1 is 1.13 bits per heavy atom. The lowest BCUT2D eigenvalue weighted by Crippen LogP contribution is -2.22. The molecule has 1 aromatic carbocycles. The van der Waals surface area contributed by atoms with E-state index in [0.29, 0.717) is 6.54 Å². The number of benzene rings is 1. The van der Waals surface area contributed by atoms with Crippen molar-refractivity contribution in [2.75, 3.05) is 14.2 Å². The minimum Gasteiger partial charge on any atom is -0.497 e. The van der Waals surface area contributed by atoms with Crippen LogP contribution < -0.4 is 20.9 Å². The molecule has 5 nitrogen and oxygen atoms in total. The number of ether oxygens (including phenoxy) is 2. The molecule has 0 aromatic heterocycles. The van der Waals surface area contributed by atoms with Crippen molar-refractivity contribution in [3.05, 3.63) is 23.8 Å². The largest absolute Gasteiger partial charge is 0.497 e. The zero-order chi connectivity index (χ0) is 11.3. The number of nitrogens with zero attached hydrogens (tertiary/aromatic N) is 1. The molecule has 0 radical (unpaired) electrons. The van der Waals surface area contributed by atoms with Gasteiger partial charge in [-0.2, -0.15) is 0 Å². The third-order valence-corrected chi connectivity index (χ3v) is 1.86. The van der Waals surface area contributed by atoms with Crippen molar-refractivity contribution in [3.63, 3.8) is 0 Å². The highest BCUT2D eigenvalue weighted by Gasteiger charge is 2.00. The van der Waals surface area contributed by atoms with Crippen LogP contribution in [0, 0.1) is 0 Å². The fourth-order valence-corrected chi connectivity index (χ4v) is 1.14. The Morgan fingerprint density at radius 2 is 1.67 bits per heavy atom. The Morgan fingerprint density at radius 3 is 2.07 bits per heavy atom. The summed E-state index contributed by atoms with van der Waals surface area (Å²) in [7, 11) is 3.19. The first kappa shape index (κ1) is 11.2. The molecule has 0 aliphatic rings. The number of methoxy groups -OCH3 is 2. The minimum absolute atomic E-state index is 0.0665. The highest BCUT2D eigenvalue weighted by molar-refractivity contribution is 5.75. The Balaban J connectivity index is 2.91. The molecule has 82 valence electrons. The summed E-state index contributed by atoms with van der Waals surface area (Å²) in [5, 5.41) is 0. The maximum Gasteiger partial charge on any atom is 0.186 e. The normalized spacial score (nSPS) is 9.47. The Hall–Kier alpha value is -1.91. The van der Waals surface area contributed by atoms with E-state index in [1.54, 1.807) is 20.3 Å². The van der Waals surface area contributed by atoms with Crippen molar-refractivity contribution in [2.24, 2.45) is 16.5 Å². The summed E-state index contributed by atoms with van der Waals surface area (Å²) in [6, 6.07) is 5.50. The smallest absolute Gasteiger partial charge is 0.186 e. The molecule has 0 atom stereocenters. The number of nitrogens with two attached hydrogens (primary N) is 2. The second kappa shape index (κ2) is 5.09. The van der Waals surface area contributed by atoms with Gasteiger partial charge in [0.15, 0.2) is 5.96 Å². The topological polar surface area (TPSA) is 82.9 Å². The maximum absolute atomic E-state index is 5.25. The summed E-state index contributed by atoms with van der Waals surface area (Å²) in [5.41, 5.74) is 11.4. The van der Waals surface area contributed by atoms with Crippen LogP contribution in [0.15, 0.2) is 23.2 Å². The summed E-state index contributed by atoms with van der Waals surface area (Å²) >= 11 is 0. The SMILES string of the molecule is COc1cc(CN=C(N)N)cc(OC)c1. The number of rotatable bonds is 4. The predicted octanol–water partition coefficient (Wildman–Crippen LogP) is 0.477. The molecule has 0 aliphatic heterocycles. The molecule has 15 heavy (non-hydrogen) atoms. The average Bonchev–Trinajstić information content (AvgIpc) is 2.25. The standard InChI is InChI=1S/C10H15N3O2/c1-14-8-3-7(6-13-10(11)12)4-9(5-8)15-2/h3-5H,6H2,1-2H3,(H4,11,12,13). The first-order valence-corrected chi connectivity index (χ1v) is 4.43. The van der Waals surface area contributed by atoms with E-state index in [1.165, 1.54) is 0 Å². The fourth-order valence-electron chi connectivity index (χ4n) is 1.14. The van der Waals surface area contributed by atoms with Crippen LogP contribution in [0.25, 0.3) is 0 Å². The van der Waals surface area contributed by atoms with Crippen molar-refractivity contribution >= 4 is 5.96 Å². The summed E-state index contributed by atoms with van der Waals surface area (Å²) in [4.78, 5) is 3.91. The van der Waals surface area contributed by atoms with Gasteiger partial charge in [-0.15, -0.1) is 0 Å². The van der Waals surface area contributed by atoms with Gasteiger partial charge >= 0.3 is 0 Å². The molecule has 0 saturated carbocycles. The molecule has 0 amide bonds. The summed E-state index contributed by atoms with van der Waals surface area (Å²) in [6.45, 7) is 0.413. The van der Waals surface area contributed by atoms with Gasteiger partial charge in [0.2, 0.25) is 0 Å². The van der Waals surface area contributed by atoms with Crippen molar-refractivity contribution in [2.45, 2.75) is 6.54 Å². The van der Waals surface area contributed by atoms with Crippen LogP contribution in [-0.4, -0.2) is 20.2 Å². The van der Waals surface area contributed by atoms with Gasteiger partial charge < -0.3 is 20.9 Å². The number of hydrogen-bond acceptors (Lipinski definition) is 3. The van der Waals surface area contributed by atoms with E-state index in [4.69, 9.17) is 20.9 Å². The van der Waals surface area contributed by atoms with Crippen molar-refractivity contribution in [1.82, 2.24) is 0 Å². The average molecular weight is 209 g/mol. The fraction of sp³-hybridized carbons (Fsp3) is 0.300. The third kappa shape index (κ3) is 3.38. The number of aliphatic imine (C=N–C) groups is 1. The lowest BCUT2D eigenvalue weighted by Gasteiger charge is -2.06. The predicted molar refractivity (Wildman–Crippen MR) is 59.1 cm³/mol. The van der Waals surface area contributed by atoms with Crippen LogP contribution >= 0.6 is 0 Å². The van der Waals surface area contributed by atoms with Crippen molar-refractivity contribution < 1.29 is 9.47 Å². The van der Waals surface area contributed by atoms with Crippen LogP contribution in [0.1, 0.15) is 5.56 Å². The molecular weight excluding hydrogens is 194 g/mol. The van der Waals surface area contributed by atoms with Crippen molar-refractivity contribution in [1.29, 1.82) is 0 Å². The van der Waals surface area contributed by atoms with Gasteiger partial charge in [0.25, 0.3) is 0 Å². The Labute approximate surface area is 88.7 Å². The van der Waals surface area contributed by atoms with Gasteiger partial charge in [-0.25, -0.2) is 4.99 Å². The second-order valence-electron chi connectivity index (χ2n) is 2.96. The van der Waals surface area contributed by atoms with Crippen molar-refractivity contribution in [3.8, 4) is 11.5 Å². The van der Waals surface area contributed by atoms with Crippen LogP contribution in [0.3, 0.4) is 0 Å². The lowest BCUT2D eigenvalue weighted by molar-refractivity contribution is 0.393. The summed E-state index contributed by atoms with van der Waals surface area (Å²) in [5.74, 6) is 1.50. The van der Waals surface area contributed by atoms with Gasteiger partial charge in [-0.1, -0.05) is 0 Å². The van der Waals surface area contributed by atoms with Crippen LogP contribution in [0.5, 0.6) is 11.5 Å². The van der Waals surface area contributed by atoms with Gasteiger partial charge in [-0.05, 0) is 17.7 Å². The Bertz CT molecular complexity index is 337. The van der Waals surface area contributed by atoms with E-state index in [2.05, 4.69) is 4.99 Å². The van der Waals surface area contributed by atoms with Crippen LogP contribution in [-0.2, 0) is 6.54 Å². The van der Waals surface area contributed by atoms with E-state index >= 15 is 0 Å². The van der Waals surface area contributed by atoms with E-state index in [1.807, 2.05) is 12.1 Å². The van der Waals surface area contributed by atoms with E-state index < -0.39 is 0 Å². The van der Waals surface area contributed by atoms with Crippen LogP contribution in [0.4, 0.5) is 0 Å². The molecule has 5 heteroatoms.